The molecule has 1 unspecified atom stereocenters. The summed E-state index contributed by atoms with van der Waals surface area (Å²) in [5, 5.41) is 12.8. The van der Waals surface area contributed by atoms with Crippen LogP contribution in [-0.2, 0) is 14.1 Å². The highest BCUT2D eigenvalue weighted by atomic mass is 31.2. The lowest BCUT2D eigenvalue weighted by molar-refractivity contribution is -0.259. The van der Waals surface area contributed by atoms with Gasteiger partial charge in [-0.3, -0.25) is 14.9 Å². The number of aromatic amines is 1. The van der Waals surface area contributed by atoms with Crippen molar-refractivity contribution in [2.24, 2.45) is 11.2 Å². The standard InChI is InChI=1S/C17H30N7O6P/c1-10(2)24(30-31(19)27)16(3,4)7-28-17(26)5-12(29-11(17)6-18)23-9-22-13-14(23)20-8-21-15(13)25/h8-12,26-27H,5-7,18-19H2,1-4H3,(H,20,21,25)/t11-,12-,17-,31?/m1/s1. The third-order valence-corrected chi connectivity index (χ3v) is 5.44. The number of nitrogens with zero attached hydrogens (tertiary/aromatic N) is 4. The summed E-state index contributed by atoms with van der Waals surface area (Å²) >= 11 is 0. The average molecular weight is 459 g/mol. The number of rotatable bonds is 9. The zero-order chi connectivity index (χ0) is 23.0. The quantitative estimate of drug-likeness (QED) is 0.188. The van der Waals surface area contributed by atoms with Gasteiger partial charge in [0.2, 0.25) is 0 Å². The highest BCUT2D eigenvalue weighted by Crippen LogP contribution is 2.39. The predicted octanol–water partition coefficient (Wildman–Crippen LogP) is -0.330. The van der Waals surface area contributed by atoms with Crippen LogP contribution in [0.15, 0.2) is 17.4 Å². The van der Waals surface area contributed by atoms with Gasteiger partial charge in [-0.1, -0.05) is 0 Å². The summed E-state index contributed by atoms with van der Waals surface area (Å²) in [5.74, 6) is -1.70. The number of hydrogen-bond donors (Lipinski definition) is 5. The van der Waals surface area contributed by atoms with Gasteiger partial charge in [-0.2, -0.15) is 5.06 Å². The Balaban J connectivity index is 1.79. The fraction of sp³-hybridized carbons (Fsp3) is 0.706. The van der Waals surface area contributed by atoms with Crippen molar-refractivity contribution in [1.29, 1.82) is 0 Å². The Morgan fingerprint density at radius 1 is 1.52 bits per heavy atom. The SMILES string of the molecule is CC(C)N(OP(N)O)C(C)(C)CO[C@]1(O)C[C@H](n2cnc3c(=O)[nH]cnc32)O[C@@H]1CN. The molecule has 13 nitrogen and oxygen atoms in total. The van der Waals surface area contributed by atoms with Crippen LogP contribution in [0.5, 0.6) is 0 Å². The molecule has 0 bridgehead atoms. The molecule has 0 saturated carbocycles. The molecular weight excluding hydrogens is 429 g/mol. The molecular formula is C17H30N7O6P. The van der Waals surface area contributed by atoms with Gasteiger partial charge in [-0.05, 0) is 27.7 Å². The number of ether oxygens (including phenoxy) is 2. The Morgan fingerprint density at radius 2 is 2.23 bits per heavy atom. The summed E-state index contributed by atoms with van der Waals surface area (Å²) in [5.41, 5.74) is 10.6. The van der Waals surface area contributed by atoms with Crippen LogP contribution in [0.2, 0.25) is 0 Å². The van der Waals surface area contributed by atoms with Gasteiger partial charge in [0.05, 0.1) is 24.8 Å². The lowest BCUT2D eigenvalue weighted by Crippen LogP contribution is -2.54. The number of hydrogen-bond acceptors (Lipinski definition) is 11. The van der Waals surface area contributed by atoms with Gasteiger partial charge in [0.15, 0.2) is 17.0 Å². The molecule has 1 aliphatic heterocycles. The van der Waals surface area contributed by atoms with E-state index in [4.69, 9.17) is 25.3 Å². The lowest BCUT2D eigenvalue weighted by Gasteiger charge is -2.41. The number of aliphatic hydroxyl groups is 1. The van der Waals surface area contributed by atoms with Crippen LogP contribution < -0.4 is 16.8 Å². The van der Waals surface area contributed by atoms with Crippen LogP contribution in [0.3, 0.4) is 0 Å². The fourth-order valence-corrected chi connectivity index (χ4v) is 4.30. The minimum Gasteiger partial charge on any atom is -0.363 e. The highest BCUT2D eigenvalue weighted by molar-refractivity contribution is 7.43. The van der Waals surface area contributed by atoms with Crippen LogP contribution in [-0.4, -0.2) is 71.2 Å². The van der Waals surface area contributed by atoms with E-state index in [0.717, 1.165) is 0 Å². The van der Waals surface area contributed by atoms with Crippen LogP contribution in [0.4, 0.5) is 0 Å². The second-order valence-electron chi connectivity index (χ2n) is 8.32. The third kappa shape index (κ3) is 4.95. The number of aromatic nitrogens is 4. The maximum absolute atomic E-state index is 11.9. The summed E-state index contributed by atoms with van der Waals surface area (Å²) in [6.45, 7) is 7.46. The lowest BCUT2D eigenvalue weighted by atomic mass is 10.0. The number of nitrogens with two attached hydrogens (primary N) is 2. The van der Waals surface area contributed by atoms with Crippen molar-refractivity contribution < 1.29 is 24.1 Å². The maximum atomic E-state index is 11.9. The summed E-state index contributed by atoms with van der Waals surface area (Å²) in [4.78, 5) is 32.1. The van der Waals surface area contributed by atoms with Crippen LogP contribution in [0.1, 0.15) is 40.3 Å². The molecule has 7 N–H and O–H groups in total. The zero-order valence-electron chi connectivity index (χ0n) is 17.9. The van der Waals surface area contributed by atoms with Gasteiger partial charge in [0, 0.05) is 19.0 Å². The Morgan fingerprint density at radius 3 is 2.84 bits per heavy atom. The number of nitrogens with one attached hydrogen (secondary N) is 1. The van der Waals surface area contributed by atoms with Crippen molar-refractivity contribution in [1.82, 2.24) is 24.6 Å². The van der Waals surface area contributed by atoms with Crippen LogP contribution in [0.25, 0.3) is 11.2 Å². The Kier molecular flexibility index (Phi) is 7.11. The van der Waals surface area contributed by atoms with E-state index in [9.17, 15) is 14.8 Å². The molecule has 0 aliphatic carbocycles. The van der Waals surface area contributed by atoms with Crippen molar-refractivity contribution in [3.63, 3.8) is 0 Å². The normalized spacial score (nSPS) is 25.7. The molecule has 1 aliphatic rings. The van der Waals surface area contributed by atoms with Gasteiger partial charge in [-0.25, -0.2) is 14.6 Å². The van der Waals surface area contributed by atoms with Gasteiger partial charge in [0.1, 0.15) is 12.3 Å². The molecule has 2 aromatic heterocycles. The molecule has 0 spiro atoms. The van der Waals surface area contributed by atoms with E-state index in [1.807, 2.05) is 27.7 Å². The van der Waals surface area contributed by atoms with Crippen molar-refractivity contribution >= 4 is 19.7 Å². The largest absolute Gasteiger partial charge is 0.363 e. The first-order valence-corrected chi connectivity index (χ1v) is 11.1. The van der Waals surface area contributed by atoms with Gasteiger partial charge >= 0.3 is 0 Å². The highest BCUT2D eigenvalue weighted by Gasteiger charge is 2.50. The fourth-order valence-electron chi connectivity index (χ4n) is 3.71. The average Bonchev–Trinajstić information content (AvgIpc) is 3.26. The van der Waals surface area contributed by atoms with Crippen molar-refractivity contribution in [2.75, 3.05) is 13.2 Å². The first-order chi connectivity index (χ1) is 14.5. The number of imidazole rings is 1. The molecule has 0 radical (unpaired) electrons. The van der Waals surface area contributed by atoms with Crippen molar-refractivity contribution in [3.8, 4) is 0 Å². The van der Waals surface area contributed by atoms with E-state index in [1.54, 1.807) is 4.57 Å². The van der Waals surface area contributed by atoms with Crippen molar-refractivity contribution in [3.05, 3.63) is 23.0 Å². The van der Waals surface area contributed by atoms with E-state index in [1.165, 1.54) is 17.7 Å². The molecule has 0 aromatic carbocycles. The first kappa shape index (κ1) is 24.1. The Labute approximate surface area is 180 Å². The van der Waals surface area contributed by atoms with E-state index >= 15 is 0 Å². The van der Waals surface area contributed by atoms with Crippen LogP contribution in [0, 0.1) is 0 Å². The van der Waals surface area contributed by atoms with E-state index in [2.05, 4.69) is 15.0 Å². The van der Waals surface area contributed by atoms with E-state index in [0.29, 0.717) is 5.65 Å². The molecule has 3 heterocycles. The third-order valence-electron chi connectivity index (χ3n) is 5.09. The molecule has 3 rings (SSSR count). The maximum Gasteiger partial charge on any atom is 0.278 e. The topological polar surface area (TPSA) is 187 Å². The smallest absolute Gasteiger partial charge is 0.278 e. The molecule has 0 amide bonds. The number of hydroxylamine groups is 2. The number of fused-ring (bicyclic) bond motifs is 1. The molecule has 2 aromatic rings. The minimum atomic E-state index is -2.12. The van der Waals surface area contributed by atoms with Gasteiger partial charge in [0.25, 0.3) is 14.1 Å². The van der Waals surface area contributed by atoms with Crippen LogP contribution >= 0.6 is 8.53 Å². The van der Waals surface area contributed by atoms with Gasteiger partial charge in [-0.15, -0.1) is 0 Å². The Hall–Kier alpha value is -1.54. The summed E-state index contributed by atoms with van der Waals surface area (Å²) < 4.78 is 18.8. The molecule has 1 fully saturated rings. The zero-order valence-corrected chi connectivity index (χ0v) is 18.8. The molecule has 4 atom stereocenters. The van der Waals surface area contributed by atoms with Gasteiger partial charge < -0.3 is 30.2 Å². The predicted molar refractivity (Wildman–Crippen MR) is 112 cm³/mol. The van der Waals surface area contributed by atoms with Crippen molar-refractivity contribution in [2.45, 2.75) is 63.8 Å². The summed E-state index contributed by atoms with van der Waals surface area (Å²) in [7, 11) is -2.12. The summed E-state index contributed by atoms with van der Waals surface area (Å²) in [6, 6.07) is -0.117. The Bertz CT molecular complexity index is 950. The molecule has 31 heavy (non-hydrogen) atoms. The molecule has 174 valence electrons. The second-order valence-corrected chi connectivity index (χ2v) is 9.09. The minimum absolute atomic E-state index is 0.00318. The molecule has 1 saturated heterocycles. The first-order valence-electron chi connectivity index (χ1n) is 9.81. The monoisotopic (exact) mass is 459 g/mol. The number of H-pyrrole nitrogens is 1. The van der Waals surface area contributed by atoms with E-state index < -0.39 is 32.2 Å². The molecule has 14 heteroatoms. The summed E-state index contributed by atoms with van der Waals surface area (Å²) in [6.07, 6.45) is 1.23. The second kappa shape index (κ2) is 9.14. The van der Waals surface area contributed by atoms with E-state index in [-0.39, 0.29) is 36.7 Å².